The van der Waals surface area contributed by atoms with Gasteiger partial charge in [0.05, 0.1) is 0 Å². The second-order valence-electron chi connectivity index (χ2n) is 5.41. The van der Waals surface area contributed by atoms with Gasteiger partial charge in [-0.25, -0.2) is 0 Å². The van der Waals surface area contributed by atoms with Crippen LogP contribution in [0.15, 0.2) is 0 Å². The molecule has 1 rings (SSSR count). The zero-order valence-corrected chi connectivity index (χ0v) is 10.3. The molecule has 0 saturated heterocycles. The maximum Gasteiger partial charge on any atom is 0.303 e. The van der Waals surface area contributed by atoms with Crippen molar-refractivity contribution in [2.45, 2.75) is 51.9 Å². The number of carbonyl (C=O) groups is 1. The predicted octanol–water partition coefficient (Wildman–Crippen LogP) is 2.64. The molecule has 0 unspecified atom stereocenters. The highest BCUT2D eigenvalue weighted by Gasteiger charge is 2.21. The fourth-order valence-electron chi connectivity index (χ4n) is 2.36. The van der Waals surface area contributed by atoms with Crippen LogP contribution >= 0.6 is 0 Å². The molecule has 94 valence electrons. The number of carboxylic acid groups (broad SMARTS) is 1. The molecule has 0 aromatic rings. The summed E-state index contributed by atoms with van der Waals surface area (Å²) in [6.45, 7) is 2.72. The van der Waals surface area contributed by atoms with E-state index in [0.717, 1.165) is 12.3 Å². The Balaban J connectivity index is 2.08. The molecule has 0 amide bonds. The molecule has 0 aliphatic heterocycles. The Morgan fingerprint density at radius 3 is 2.69 bits per heavy atom. The maximum absolute atomic E-state index is 10.6. The topological polar surface area (TPSA) is 63.3 Å². The Labute approximate surface area is 98.4 Å². The van der Waals surface area contributed by atoms with Crippen LogP contribution in [0.2, 0.25) is 0 Å². The van der Waals surface area contributed by atoms with Gasteiger partial charge in [0.1, 0.15) is 0 Å². The van der Waals surface area contributed by atoms with E-state index < -0.39 is 5.97 Å². The molecule has 1 aliphatic carbocycles. The predicted molar refractivity (Wildman–Crippen MR) is 65.2 cm³/mol. The molecule has 0 heterocycles. The summed E-state index contributed by atoms with van der Waals surface area (Å²) >= 11 is 0. The third-order valence-corrected chi connectivity index (χ3v) is 3.54. The van der Waals surface area contributed by atoms with E-state index in [1.165, 1.54) is 32.1 Å². The van der Waals surface area contributed by atoms with Crippen LogP contribution < -0.4 is 5.73 Å². The molecule has 1 aliphatic rings. The van der Waals surface area contributed by atoms with E-state index in [-0.39, 0.29) is 12.3 Å². The zero-order chi connectivity index (χ0) is 12.0. The molecule has 0 aromatic carbocycles. The number of aliphatic carboxylic acids is 1. The first kappa shape index (κ1) is 13.5. The van der Waals surface area contributed by atoms with Crippen LogP contribution in [0.4, 0.5) is 0 Å². The van der Waals surface area contributed by atoms with Gasteiger partial charge in [-0.05, 0) is 30.7 Å². The molecule has 3 N–H and O–H groups in total. The van der Waals surface area contributed by atoms with Crippen LogP contribution in [0.3, 0.4) is 0 Å². The summed E-state index contributed by atoms with van der Waals surface area (Å²) < 4.78 is 0. The third kappa shape index (κ3) is 6.11. The SMILES string of the molecule is C[C@H](CCCC1CC1)C[C@@H](CN)CC(=O)O. The van der Waals surface area contributed by atoms with Crippen molar-refractivity contribution in [3.8, 4) is 0 Å². The van der Waals surface area contributed by atoms with Crippen LogP contribution in [0.5, 0.6) is 0 Å². The lowest BCUT2D eigenvalue weighted by Crippen LogP contribution is -2.20. The lowest BCUT2D eigenvalue weighted by atomic mass is 9.90. The normalized spacial score (nSPS) is 19.4. The second kappa shape index (κ2) is 6.89. The van der Waals surface area contributed by atoms with Crippen molar-refractivity contribution >= 4 is 5.97 Å². The Hall–Kier alpha value is -0.570. The van der Waals surface area contributed by atoms with Crippen molar-refractivity contribution in [1.29, 1.82) is 0 Å². The molecular formula is C13H25NO2. The van der Waals surface area contributed by atoms with Crippen molar-refractivity contribution in [1.82, 2.24) is 0 Å². The van der Waals surface area contributed by atoms with Gasteiger partial charge in [0.15, 0.2) is 0 Å². The number of hydrogen-bond donors (Lipinski definition) is 2. The van der Waals surface area contributed by atoms with Crippen molar-refractivity contribution in [3.05, 3.63) is 0 Å². The molecule has 0 bridgehead atoms. The van der Waals surface area contributed by atoms with E-state index in [9.17, 15) is 4.79 Å². The van der Waals surface area contributed by atoms with E-state index in [4.69, 9.17) is 10.8 Å². The third-order valence-electron chi connectivity index (χ3n) is 3.54. The summed E-state index contributed by atoms with van der Waals surface area (Å²) in [5, 5.41) is 8.73. The minimum absolute atomic E-state index is 0.161. The van der Waals surface area contributed by atoms with Crippen LogP contribution in [-0.2, 0) is 4.79 Å². The summed E-state index contributed by atoms with van der Waals surface area (Å²) in [4.78, 5) is 10.6. The molecule has 3 nitrogen and oxygen atoms in total. The molecule has 0 radical (unpaired) electrons. The molecule has 1 fully saturated rings. The first-order valence-electron chi connectivity index (χ1n) is 6.53. The largest absolute Gasteiger partial charge is 0.481 e. The van der Waals surface area contributed by atoms with E-state index in [0.29, 0.717) is 12.5 Å². The number of carboxylic acids is 1. The van der Waals surface area contributed by atoms with Gasteiger partial charge in [-0.1, -0.05) is 39.0 Å². The molecule has 0 spiro atoms. The summed E-state index contributed by atoms with van der Waals surface area (Å²) in [7, 11) is 0. The van der Waals surface area contributed by atoms with Gasteiger partial charge in [-0.3, -0.25) is 4.79 Å². The summed E-state index contributed by atoms with van der Waals surface area (Å²) in [5.41, 5.74) is 5.59. The van der Waals surface area contributed by atoms with Gasteiger partial charge in [0.25, 0.3) is 0 Å². The molecule has 2 atom stereocenters. The van der Waals surface area contributed by atoms with E-state index in [2.05, 4.69) is 6.92 Å². The van der Waals surface area contributed by atoms with E-state index in [1.54, 1.807) is 0 Å². The number of rotatable bonds is 9. The minimum Gasteiger partial charge on any atom is -0.481 e. The number of hydrogen-bond acceptors (Lipinski definition) is 2. The monoisotopic (exact) mass is 227 g/mol. The average Bonchev–Trinajstić information content (AvgIpc) is 3.00. The highest BCUT2D eigenvalue weighted by Crippen LogP contribution is 2.34. The Bertz CT molecular complexity index is 214. The van der Waals surface area contributed by atoms with Crippen molar-refractivity contribution in [2.24, 2.45) is 23.5 Å². The maximum atomic E-state index is 10.6. The second-order valence-corrected chi connectivity index (χ2v) is 5.41. The van der Waals surface area contributed by atoms with Crippen LogP contribution in [0.1, 0.15) is 51.9 Å². The standard InChI is InChI=1S/C13H25NO2/c1-10(3-2-4-11-5-6-11)7-12(9-14)8-13(15)16/h10-12H,2-9,14H2,1H3,(H,15,16)/t10-,12-/m1/s1. The quantitative estimate of drug-likeness (QED) is 0.636. The zero-order valence-electron chi connectivity index (χ0n) is 10.3. The Morgan fingerprint density at radius 2 is 2.19 bits per heavy atom. The first-order valence-corrected chi connectivity index (χ1v) is 6.53. The highest BCUT2D eigenvalue weighted by molar-refractivity contribution is 5.67. The summed E-state index contributed by atoms with van der Waals surface area (Å²) in [6.07, 6.45) is 7.95. The van der Waals surface area contributed by atoms with Gasteiger partial charge < -0.3 is 10.8 Å². The molecule has 1 saturated carbocycles. The van der Waals surface area contributed by atoms with Gasteiger partial charge in [-0.15, -0.1) is 0 Å². The molecule has 3 heteroatoms. The summed E-state index contributed by atoms with van der Waals surface area (Å²) in [5.74, 6) is 1.07. The highest BCUT2D eigenvalue weighted by atomic mass is 16.4. The van der Waals surface area contributed by atoms with Crippen molar-refractivity contribution in [2.75, 3.05) is 6.54 Å². The van der Waals surface area contributed by atoms with Gasteiger partial charge >= 0.3 is 5.97 Å². The van der Waals surface area contributed by atoms with Crippen LogP contribution in [0.25, 0.3) is 0 Å². The first-order chi connectivity index (χ1) is 7.61. The van der Waals surface area contributed by atoms with E-state index in [1.807, 2.05) is 0 Å². The van der Waals surface area contributed by atoms with Crippen LogP contribution in [0, 0.1) is 17.8 Å². The minimum atomic E-state index is -0.722. The Morgan fingerprint density at radius 1 is 1.50 bits per heavy atom. The van der Waals surface area contributed by atoms with Gasteiger partial charge in [0.2, 0.25) is 0 Å². The average molecular weight is 227 g/mol. The van der Waals surface area contributed by atoms with Gasteiger partial charge in [-0.2, -0.15) is 0 Å². The molecular weight excluding hydrogens is 202 g/mol. The Kier molecular flexibility index (Phi) is 5.81. The lowest BCUT2D eigenvalue weighted by Gasteiger charge is -2.17. The molecule has 0 aromatic heterocycles. The van der Waals surface area contributed by atoms with Gasteiger partial charge in [0, 0.05) is 6.42 Å². The molecule has 16 heavy (non-hydrogen) atoms. The fraction of sp³-hybridized carbons (Fsp3) is 0.923. The number of nitrogens with two attached hydrogens (primary N) is 1. The van der Waals surface area contributed by atoms with E-state index >= 15 is 0 Å². The lowest BCUT2D eigenvalue weighted by molar-refractivity contribution is -0.138. The van der Waals surface area contributed by atoms with Crippen LogP contribution in [-0.4, -0.2) is 17.6 Å². The van der Waals surface area contributed by atoms with Crippen molar-refractivity contribution in [3.63, 3.8) is 0 Å². The summed E-state index contributed by atoms with van der Waals surface area (Å²) in [6, 6.07) is 0. The smallest absolute Gasteiger partial charge is 0.303 e. The van der Waals surface area contributed by atoms with Crippen molar-refractivity contribution < 1.29 is 9.90 Å². The fourth-order valence-corrected chi connectivity index (χ4v) is 2.36.